The molecule has 3 rings (SSSR count). The SMILES string of the molecule is C=C1NC2=C(C(=O)CC(C)(C)C2)C(c2cccc(C)n2)C1C(=O)OC. The second kappa shape index (κ2) is 6.14. The molecule has 0 bridgehead atoms. The van der Waals surface area contributed by atoms with Gasteiger partial charge in [0.2, 0.25) is 0 Å². The van der Waals surface area contributed by atoms with Gasteiger partial charge in [0.1, 0.15) is 5.92 Å². The van der Waals surface area contributed by atoms with E-state index in [1.807, 2.05) is 25.1 Å². The summed E-state index contributed by atoms with van der Waals surface area (Å²) < 4.78 is 5.00. The van der Waals surface area contributed by atoms with Crippen molar-refractivity contribution >= 4 is 11.8 Å². The Balaban J connectivity index is 2.20. The van der Waals surface area contributed by atoms with Crippen molar-refractivity contribution in [2.45, 2.75) is 39.5 Å². The first-order chi connectivity index (χ1) is 11.7. The molecule has 25 heavy (non-hydrogen) atoms. The molecule has 5 heteroatoms. The summed E-state index contributed by atoms with van der Waals surface area (Å²) in [6.07, 6.45) is 1.19. The minimum absolute atomic E-state index is 0.0634. The lowest BCUT2D eigenvalue weighted by atomic mass is 9.67. The van der Waals surface area contributed by atoms with Gasteiger partial charge in [-0.1, -0.05) is 26.5 Å². The predicted molar refractivity (Wildman–Crippen MR) is 94.5 cm³/mol. The zero-order valence-electron chi connectivity index (χ0n) is 15.2. The van der Waals surface area contributed by atoms with Crippen LogP contribution < -0.4 is 5.32 Å². The van der Waals surface area contributed by atoms with Crippen molar-refractivity contribution in [3.05, 3.63) is 53.1 Å². The molecule has 1 aromatic heterocycles. The lowest BCUT2D eigenvalue weighted by molar-refractivity contribution is -0.144. The first-order valence-corrected chi connectivity index (χ1v) is 8.47. The first-order valence-electron chi connectivity index (χ1n) is 8.47. The highest BCUT2D eigenvalue weighted by atomic mass is 16.5. The van der Waals surface area contributed by atoms with Crippen LogP contribution >= 0.6 is 0 Å². The molecule has 132 valence electrons. The first kappa shape index (κ1) is 17.4. The molecule has 0 spiro atoms. The fraction of sp³-hybridized carbons (Fsp3) is 0.450. The summed E-state index contributed by atoms with van der Waals surface area (Å²) in [6.45, 7) is 10.1. The quantitative estimate of drug-likeness (QED) is 0.838. The van der Waals surface area contributed by atoms with Gasteiger partial charge >= 0.3 is 5.97 Å². The molecule has 2 heterocycles. The Morgan fingerprint density at radius 1 is 1.36 bits per heavy atom. The topological polar surface area (TPSA) is 68.3 Å². The number of pyridine rings is 1. The van der Waals surface area contributed by atoms with Crippen molar-refractivity contribution in [1.82, 2.24) is 10.3 Å². The molecule has 2 aliphatic rings. The molecule has 1 aliphatic heterocycles. The number of nitrogens with one attached hydrogen (secondary N) is 1. The highest BCUT2D eigenvalue weighted by molar-refractivity contribution is 6.00. The number of hydrogen-bond acceptors (Lipinski definition) is 5. The van der Waals surface area contributed by atoms with Gasteiger partial charge in [-0.05, 0) is 30.9 Å². The second-order valence-corrected chi connectivity index (χ2v) is 7.67. The molecule has 0 radical (unpaired) electrons. The normalized spacial score (nSPS) is 25.3. The lowest BCUT2D eigenvalue weighted by Crippen LogP contribution is -2.43. The van der Waals surface area contributed by atoms with Crippen LogP contribution in [0, 0.1) is 18.3 Å². The van der Waals surface area contributed by atoms with Gasteiger partial charge in [-0.25, -0.2) is 0 Å². The van der Waals surface area contributed by atoms with Crippen LogP contribution in [-0.4, -0.2) is 23.8 Å². The van der Waals surface area contributed by atoms with E-state index < -0.39 is 17.8 Å². The third kappa shape index (κ3) is 3.11. The predicted octanol–water partition coefficient (Wildman–Crippen LogP) is 3.02. The molecule has 0 aromatic carbocycles. The number of aryl methyl sites for hydroxylation is 1. The van der Waals surface area contributed by atoms with E-state index in [-0.39, 0.29) is 11.2 Å². The maximum absolute atomic E-state index is 13.0. The third-order valence-electron chi connectivity index (χ3n) is 4.93. The van der Waals surface area contributed by atoms with Crippen molar-refractivity contribution in [2.75, 3.05) is 7.11 Å². The number of nitrogens with zero attached hydrogens (tertiary/aromatic N) is 1. The molecule has 2 unspecified atom stereocenters. The van der Waals surface area contributed by atoms with Crippen molar-refractivity contribution in [3.8, 4) is 0 Å². The number of methoxy groups -OCH3 is 1. The number of carbonyl (C=O) groups excluding carboxylic acids is 2. The van der Waals surface area contributed by atoms with E-state index in [1.165, 1.54) is 7.11 Å². The Kier molecular flexibility index (Phi) is 4.27. The van der Waals surface area contributed by atoms with Gasteiger partial charge in [0, 0.05) is 34.8 Å². The van der Waals surface area contributed by atoms with E-state index in [4.69, 9.17) is 4.74 Å². The molecule has 0 saturated carbocycles. The van der Waals surface area contributed by atoms with Crippen LogP contribution in [0.5, 0.6) is 0 Å². The molecule has 0 amide bonds. The summed E-state index contributed by atoms with van der Waals surface area (Å²) in [7, 11) is 1.35. The van der Waals surface area contributed by atoms with E-state index in [0.29, 0.717) is 23.4 Å². The van der Waals surface area contributed by atoms with Gasteiger partial charge in [0.25, 0.3) is 0 Å². The number of hydrogen-bond donors (Lipinski definition) is 1. The third-order valence-corrected chi connectivity index (χ3v) is 4.93. The Hall–Kier alpha value is -2.43. The highest BCUT2D eigenvalue weighted by Crippen LogP contribution is 2.47. The van der Waals surface area contributed by atoms with Crippen molar-refractivity contribution in [1.29, 1.82) is 0 Å². The molecule has 5 nitrogen and oxygen atoms in total. The summed E-state index contributed by atoms with van der Waals surface area (Å²) >= 11 is 0. The van der Waals surface area contributed by atoms with Gasteiger partial charge in [-0.3, -0.25) is 14.6 Å². The van der Waals surface area contributed by atoms with E-state index in [9.17, 15) is 9.59 Å². The molecule has 0 saturated heterocycles. The molecular weight excluding hydrogens is 316 g/mol. The van der Waals surface area contributed by atoms with Crippen LogP contribution in [0.15, 0.2) is 41.7 Å². The Bertz CT molecular complexity index is 792. The van der Waals surface area contributed by atoms with Crippen LogP contribution in [0.1, 0.15) is 44.0 Å². The van der Waals surface area contributed by atoms with Gasteiger partial charge < -0.3 is 10.1 Å². The van der Waals surface area contributed by atoms with E-state index in [1.54, 1.807) is 0 Å². The van der Waals surface area contributed by atoms with Gasteiger partial charge in [-0.2, -0.15) is 0 Å². The van der Waals surface area contributed by atoms with Gasteiger partial charge in [0.15, 0.2) is 5.78 Å². The fourth-order valence-electron chi connectivity index (χ4n) is 3.91. The monoisotopic (exact) mass is 340 g/mol. The second-order valence-electron chi connectivity index (χ2n) is 7.67. The summed E-state index contributed by atoms with van der Waals surface area (Å²) in [4.78, 5) is 30.0. The molecular formula is C20H24N2O3. The van der Waals surface area contributed by atoms with Crippen molar-refractivity contribution < 1.29 is 14.3 Å². The van der Waals surface area contributed by atoms with E-state index in [0.717, 1.165) is 17.8 Å². The lowest BCUT2D eigenvalue weighted by Gasteiger charge is -2.41. The molecule has 1 aliphatic carbocycles. The minimum Gasteiger partial charge on any atom is -0.468 e. The van der Waals surface area contributed by atoms with Gasteiger partial charge in [0.05, 0.1) is 13.0 Å². The average molecular weight is 340 g/mol. The molecule has 1 N–H and O–H groups in total. The number of carbonyl (C=O) groups is 2. The van der Waals surface area contributed by atoms with Crippen molar-refractivity contribution in [2.24, 2.45) is 11.3 Å². The summed E-state index contributed by atoms with van der Waals surface area (Å²) in [6, 6.07) is 5.66. The summed E-state index contributed by atoms with van der Waals surface area (Å²) in [5.41, 5.74) is 3.50. The number of esters is 1. The van der Waals surface area contributed by atoms with E-state index in [2.05, 4.69) is 30.7 Å². The summed E-state index contributed by atoms with van der Waals surface area (Å²) in [5.74, 6) is -1.47. The maximum atomic E-state index is 13.0. The number of allylic oxidation sites excluding steroid dienone is 2. The highest BCUT2D eigenvalue weighted by Gasteiger charge is 2.47. The smallest absolute Gasteiger partial charge is 0.315 e. The largest absolute Gasteiger partial charge is 0.468 e. The zero-order chi connectivity index (χ0) is 18.4. The number of rotatable bonds is 2. The summed E-state index contributed by atoms with van der Waals surface area (Å²) in [5, 5.41) is 3.22. The van der Waals surface area contributed by atoms with Gasteiger partial charge in [-0.15, -0.1) is 0 Å². The number of aromatic nitrogens is 1. The van der Waals surface area contributed by atoms with Crippen LogP contribution in [0.3, 0.4) is 0 Å². The maximum Gasteiger partial charge on any atom is 0.315 e. The van der Waals surface area contributed by atoms with Crippen LogP contribution in [0.2, 0.25) is 0 Å². The fourth-order valence-corrected chi connectivity index (χ4v) is 3.91. The minimum atomic E-state index is -0.664. The Morgan fingerprint density at radius 3 is 2.72 bits per heavy atom. The molecule has 2 atom stereocenters. The molecule has 1 aromatic rings. The molecule has 0 fully saturated rings. The van der Waals surface area contributed by atoms with Crippen LogP contribution in [0.4, 0.5) is 0 Å². The average Bonchev–Trinajstić information content (AvgIpc) is 2.51. The number of ketones is 1. The van der Waals surface area contributed by atoms with Crippen LogP contribution in [-0.2, 0) is 14.3 Å². The zero-order valence-corrected chi connectivity index (χ0v) is 15.2. The number of Topliss-reactive ketones (excluding diaryl/α,β-unsaturated/α-hetero) is 1. The van der Waals surface area contributed by atoms with Crippen LogP contribution in [0.25, 0.3) is 0 Å². The van der Waals surface area contributed by atoms with E-state index >= 15 is 0 Å². The number of ether oxygens (including phenoxy) is 1. The Morgan fingerprint density at radius 2 is 2.08 bits per heavy atom. The van der Waals surface area contributed by atoms with Crippen molar-refractivity contribution in [3.63, 3.8) is 0 Å². The standard InChI is InChI=1S/C20H24N2O3/c1-11-7-6-8-13(21-11)18-16(19(24)25-5)12(2)22-14-9-20(3,4)10-15(23)17(14)18/h6-8,16,18,22H,2,9-10H2,1,3-5H3. The Labute approximate surface area is 148 Å².